The van der Waals surface area contributed by atoms with E-state index in [9.17, 15) is 9.59 Å². The zero-order valence-corrected chi connectivity index (χ0v) is 13.8. The molecule has 1 N–H and O–H groups in total. The Balaban J connectivity index is 0.00000361. The van der Waals surface area contributed by atoms with Crippen molar-refractivity contribution in [3.05, 3.63) is 0 Å². The molecule has 2 amide bonds. The fraction of sp³-hybridized carbons (Fsp3) is 0.857. The SMILES string of the molecule is CNCC(C)C(=O)N1CCCN(C(=O)C(C)C)CC1.Cl. The second kappa shape index (κ2) is 9.19. The van der Waals surface area contributed by atoms with Gasteiger partial charge in [-0.15, -0.1) is 12.4 Å². The molecule has 0 aromatic carbocycles. The number of hydrogen-bond donors (Lipinski definition) is 1. The number of carbonyl (C=O) groups excluding carboxylic acids is 2. The van der Waals surface area contributed by atoms with Gasteiger partial charge >= 0.3 is 0 Å². The first kappa shape index (κ1) is 19.2. The molecule has 1 rings (SSSR count). The third-order valence-corrected chi connectivity index (χ3v) is 3.55. The lowest BCUT2D eigenvalue weighted by Crippen LogP contribution is -2.42. The summed E-state index contributed by atoms with van der Waals surface area (Å²) < 4.78 is 0. The summed E-state index contributed by atoms with van der Waals surface area (Å²) in [4.78, 5) is 28.0. The zero-order chi connectivity index (χ0) is 14.4. The van der Waals surface area contributed by atoms with Gasteiger partial charge in [-0.2, -0.15) is 0 Å². The fourth-order valence-electron chi connectivity index (χ4n) is 2.43. The maximum absolute atomic E-state index is 12.2. The highest BCUT2D eigenvalue weighted by atomic mass is 35.5. The molecule has 20 heavy (non-hydrogen) atoms. The van der Waals surface area contributed by atoms with E-state index in [4.69, 9.17) is 0 Å². The molecule has 118 valence electrons. The molecule has 0 aromatic heterocycles. The lowest BCUT2D eigenvalue weighted by Gasteiger charge is -2.25. The quantitative estimate of drug-likeness (QED) is 0.842. The molecule has 0 spiro atoms. The van der Waals surface area contributed by atoms with E-state index >= 15 is 0 Å². The van der Waals surface area contributed by atoms with E-state index in [1.54, 1.807) is 0 Å². The Bertz CT molecular complexity index is 324. The number of halogens is 1. The van der Waals surface area contributed by atoms with Crippen LogP contribution in [0.3, 0.4) is 0 Å². The van der Waals surface area contributed by atoms with Crippen molar-refractivity contribution in [1.29, 1.82) is 0 Å². The first-order chi connectivity index (χ1) is 8.97. The number of hydrogen-bond acceptors (Lipinski definition) is 3. The Morgan fingerprint density at radius 2 is 1.50 bits per heavy atom. The van der Waals surface area contributed by atoms with E-state index in [0.717, 1.165) is 19.5 Å². The fourth-order valence-corrected chi connectivity index (χ4v) is 2.43. The van der Waals surface area contributed by atoms with E-state index in [2.05, 4.69) is 5.32 Å². The molecule has 0 radical (unpaired) electrons. The summed E-state index contributed by atoms with van der Waals surface area (Å²) in [6.07, 6.45) is 0.872. The van der Waals surface area contributed by atoms with Gasteiger partial charge in [0.25, 0.3) is 0 Å². The second-order valence-corrected chi connectivity index (χ2v) is 5.62. The van der Waals surface area contributed by atoms with E-state index in [1.807, 2.05) is 37.6 Å². The van der Waals surface area contributed by atoms with Gasteiger partial charge in [-0.3, -0.25) is 9.59 Å². The third-order valence-electron chi connectivity index (χ3n) is 3.55. The summed E-state index contributed by atoms with van der Waals surface area (Å²) in [5.41, 5.74) is 0. The summed E-state index contributed by atoms with van der Waals surface area (Å²) >= 11 is 0. The minimum atomic E-state index is -0.00245. The van der Waals surface area contributed by atoms with Gasteiger partial charge in [0.1, 0.15) is 0 Å². The van der Waals surface area contributed by atoms with Crippen molar-refractivity contribution in [3.63, 3.8) is 0 Å². The highest BCUT2D eigenvalue weighted by molar-refractivity contribution is 5.85. The van der Waals surface area contributed by atoms with Crippen molar-refractivity contribution in [2.24, 2.45) is 11.8 Å². The summed E-state index contributed by atoms with van der Waals surface area (Å²) in [5.74, 6) is 0.411. The monoisotopic (exact) mass is 305 g/mol. The van der Waals surface area contributed by atoms with Crippen molar-refractivity contribution in [2.45, 2.75) is 27.2 Å². The standard InChI is InChI=1S/C14H27N3O2.ClH/c1-11(2)13(18)16-6-5-7-17(9-8-16)14(19)12(3)10-15-4;/h11-12,15H,5-10H2,1-4H3;1H. The average Bonchev–Trinajstić information content (AvgIpc) is 2.62. The van der Waals surface area contributed by atoms with Gasteiger partial charge in [-0.05, 0) is 13.5 Å². The summed E-state index contributed by atoms with van der Waals surface area (Å²) in [6.45, 7) is 9.33. The average molecular weight is 306 g/mol. The molecular weight excluding hydrogens is 278 g/mol. The zero-order valence-electron chi connectivity index (χ0n) is 13.0. The minimum Gasteiger partial charge on any atom is -0.341 e. The van der Waals surface area contributed by atoms with E-state index in [0.29, 0.717) is 19.6 Å². The molecule has 1 unspecified atom stereocenters. The topological polar surface area (TPSA) is 52.7 Å². The van der Waals surface area contributed by atoms with E-state index < -0.39 is 0 Å². The number of carbonyl (C=O) groups is 2. The molecule has 1 aliphatic heterocycles. The Labute approximate surface area is 128 Å². The van der Waals surface area contributed by atoms with Crippen LogP contribution < -0.4 is 5.32 Å². The first-order valence-corrected chi connectivity index (χ1v) is 7.19. The van der Waals surface area contributed by atoms with E-state index in [1.165, 1.54) is 0 Å². The van der Waals surface area contributed by atoms with Crippen LogP contribution in [0.5, 0.6) is 0 Å². The minimum absolute atomic E-state index is 0. The van der Waals surface area contributed by atoms with Gasteiger partial charge in [0, 0.05) is 44.6 Å². The number of nitrogens with zero attached hydrogens (tertiary/aromatic N) is 2. The molecule has 1 aliphatic rings. The number of amides is 2. The molecule has 0 bridgehead atoms. The molecule has 0 saturated carbocycles. The smallest absolute Gasteiger partial charge is 0.226 e. The normalized spacial score (nSPS) is 17.4. The van der Waals surface area contributed by atoms with Gasteiger partial charge in [-0.1, -0.05) is 20.8 Å². The van der Waals surface area contributed by atoms with Crippen LogP contribution in [-0.2, 0) is 9.59 Å². The van der Waals surface area contributed by atoms with Gasteiger partial charge in [0.2, 0.25) is 11.8 Å². The number of nitrogens with one attached hydrogen (secondary N) is 1. The van der Waals surface area contributed by atoms with Crippen LogP contribution in [0.1, 0.15) is 27.2 Å². The highest BCUT2D eigenvalue weighted by Crippen LogP contribution is 2.10. The summed E-state index contributed by atoms with van der Waals surface area (Å²) in [7, 11) is 1.86. The Morgan fingerprint density at radius 3 is 1.95 bits per heavy atom. The van der Waals surface area contributed by atoms with Crippen molar-refractivity contribution in [1.82, 2.24) is 15.1 Å². The lowest BCUT2D eigenvalue weighted by molar-refractivity contribution is -0.137. The third kappa shape index (κ3) is 5.29. The molecule has 0 aromatic rings. The molecule has 1 atom stereocenters. The molecule has 6 heteroatoms. The van der Waals surface area contributed by atoms with Crippen LogP contribution in [0.4, 0.5) is 0 Å². The maximum Gasteiger partial charge on any atom is 0.226 e. The van der Waals surface area contributed by atoms with Gasteiger partial charge in [0.15, 0.2) is 0 Å². The maximum atomic E-state index is 12.2. The summed E-state index contributed by atoms with van der Waals surface area (Å²) in [5, 5.41) is 3.03. The Kier molecular flexibility index (Phi) is 8.81. The second-order valence-electron chi connectivity index (χ2n) is 5.62. The molecule has 5 nitrogen and oxygen atoms in total. The van der Waals surface area contributed by atoms with Crippen LogP contribution >= 0.6 is 12.4 Å². The molecule has 0 aliphatic carbocycles. The predicted octanol–water partition coefficient (Wildman–Crippen LogP) is 0.981. The lowest BCUT2D eigenvalue weighted by atomic mass is 10.1. The van der Waals surface area contributed by atoms with Crippen molar-refractivity contribution in [3.8, 4) is 0 Å². The van der Waals surface area contributed by atoms with Gasteiger partial charge < -0.3 is 15.1 Å². The molecule has 1 saturated heterocycles. The van der Waals surface area contributed by atoms with Crippen LogP contribution in [0.15, 0.2) is 0 Å². The summed E-state index contributed by atoms with van der Waals surface area (Å²) in [6, 6.07) is 0. The van der Waals surface area contributed by atoms with Crippen LogP contribution in [0, 0.1) is 11.8 Å². The predicted molar refractivity (Wildman–Crippen MR) is 83.0 cm³/mol. The molecule has 1 heterocycles. The Hall–Kier alpha value is -0.810. The molecular formula is C14H28ClN3O2. The Morgan fingerprint density at radius 1 is 1.00 bits per heavy atom. The highest BCUT2D eigenvalue weighted by Gasteiger charge is 2.25. The van der Waals surface area contributed by atoms with Crippen LogP contribution in [0.25, 0.3) is 0 Å². The van der Waals surface area contributed by atoms with E-state index in [-0.39, 0.29) is 36.1 Å². The first-order valence-electron chi connectivity index (χ1n) is 7.19. The van der Waals surface area contributed by atoms with Gasteiger partial charge in [-0.25, -0.2) is 0 Å². The van der Waals surface area contributed by atoms with Crippen molar-refractivity contribution < 1.29 is 9.59 Å². The largest absolute Gasteiger partial charge is 0.341 e. The van der Waals surface area contributed by atoms with Gasteiger partial charge in [0.05, 0.1) is 0 Å². The van der Waals surface area contributed by atoms with Crippen molar-refractivity contribution >= 4 is 24.2 Å². The molecule has 1 fully saturated rings. The van der Waals surface area contributed by atoms with Crippen LogP contribution in [-0.4, -0.2) is 61.4 Å². The number of rotatable bonds is 4. The van der Waals surface area contributed by atoms with Crippen molar-refractivity contribution in [2.75, 3.05) is 39.8 Å². The van der Waals surface area contributed by atoms with Crippen LogP contribution in [0.2, 0.25) is 0 Å².